The zero-order valence-electron chi connectivity index (χ0n) is 11.1. The topological polar surface area (TPSA) is 64.2 Å². The maximum Gasteiger partial charge on any atom is 0.272 e. The van der Waals surface area contributed by atoms with Crippen LogP contribution in [0.25, 0.3) is 0 Å². The molecular weight excluding hydrogens is 216 g/mol. The highest BCUT2D eigenvalue weighted by Crippen LogP contribution is 2.16. The van der Waals surface area contributed by atoms with E-state index < -0.39 is 0 Å². The summed E-state index contributed by atoms with van der Waals surface area (Å²) in [4.78, 5) is 14.1. The maximum absolute atomic E-state index is 12.3. The monoisotopic (exact) mass is 238 g/mol. The summed E-state index contributed by atoms with van der Waals surface area (Å²) in [7, 11) is 1.77. The predicted molar refractivity (Wildman–Crippen MR) is 67.6 cm³/mol. The van der Waals surface area contributed by atoms with E-state index in [1.165, 1.54) is 0 Å². The summed E-state index contributed by atoms with van der Waals surface area (Å²) in [6, 6.07) is 1.74. The van der Waals surface area contributed by atoms with Crippen LogP contribution in [0.15, 0.2) is 12.3 Å². The number of amides is 1. The number of nitrogens with two attached hydrogens (primary N) is 1. The van der Waals surface area contributed by atoms with Crippen LogP contribution in [0.2, 0.25) is 0 Å². The van der Waals surface area contributed by atoms with Gasteiger partial charge in [-0.15, -0.1) is 0 Å². The van der Waals surface area contributed by atoms with Gasteiger partial charge < -0.3 is 10.6 Å². The molecule has 0 fully saturated rings. The van der Waals surface area contributed by atoms with Crippen LogP contribution in [0, 0.1) is 5.41 Å². The molecule has 0 aromatic carbocycles. The third-order valence-corrected chi connectivity index (χ3v) is 2.88. The lowest BCUT2D eigenvalue weighted by Crippen LogP contribution is -2.42. The van der Waals surface area contributed by atoms with Gasteiger partial charge in [0.15, 0.2) is 0 Å². The second-order valence-corrected chi connectivity index (χ2v) is 5.03. The van der Waals surface area contributed by atoms with E-state index in [1.807, 2.05) is 11.8 Å². The van der Waals surface area contributed by atoms with E-state index in [1.54, 1.807) is 24.0 Å². The fourth-order valence-electron chi connectivity index (χ4n) is 1.65. The van der Waals surface area contributed by atoms with Gasteiger partial charge in [-0.25, -0.2) is 0 Å². The molecule has 1 rings (SSSR count). The van der Waals surface area contributed by atoms with Gasteiger partial charge in [0.1, 0.15) is 5.69 Å². The standard InChI is InChI=1S/C12H22N4O/c1-5-16(9-12(2,3)8-13)11(17)10-6-7-14-15(10)4/h6-7H,5,8-9,13H2,1-4H3. The first-order chi connectivity index (χ1) is 7.91. The van der Waals surface area contributed by atoms with Crippen molar-refractivity contribution in [3.63, 3.8) is 0 Å². The highest BCUT2D eigenvalue weighted by atomic mass is 16.2. The van der Waals surface area contributed by atoms with Crippen LogP contribution in [0.1, 0.15) is 31.3 Å². The van der Waals surface area contributed by atoms with Gasteiger partial charge in [-0.3, -0.25) is 9.48 Å². The van der Waals surface area contributed by atoms with Crippen molar-refractivity contribution in [3.05, 3.63) is 18.0 Å². The molecule has 1 aromatic heterocycles. The summed E-state index contributed by atoms with van der Waals surface area (Å²) < 4.78 is 1.60. The summed E-state index contributed by atoms with van der Waals surface area (Å²) in [6.45, 7) is 7.98. The van der Waals surface area contributed by atoms with Crippen LogP contribution < -0.4 is 5.73 Å². The molecule has 0 saturated carbocycles. The smallest absolute Gasteiger partial charge is 0.272 e. The van der Waals surface area contributed by atoms with Crippen LogP contribution >= 0.6 is 0 Å². The zero-order chi connectivity index (χ0) is 13.1. The predicted octanol–water partition coefficient (Wildman–Crippen LogP) is 0.867. The fraction of sp³-hybridized carbons (Fsp3) is 0.667. The number of carbonyl (C=O) groups is 1. The van der Waals surface area contributed by atoms with Crippen molar-refractivity contribution in [2.45, 2.75) is 20.8 Å². The molecule has 96 valence electrons. The van der Waals surface area contributed by atoms with Gasteiger partial charge in [0.2, 0.25) is 0 Å². The van der Waals surface area contributed by atoms with Crippen molar-refractivity contribution >= 4 is 5.91 Å². The van der Waals surface area contributed by atoms with E-state index >= 15 is 0 Å². The Morgan fingerprint density at radius 1 is 1.59 bits per heavy atom. The fourth-order valence-corrected chi connectivity index (χ4v) is 1.65. The molecule has 0 aliphatic rings. The van der Waals surface area contributed by atoms with Gasteiger partial charge in [0.05, 0.1) is 0 Å². The quantitative estimate of drug-likeness (QED) is 0.827. The summed E-state index contributed by atoms with van der Waals surface area (Å²) in [6.07, 6.45) is 1.63. The molecule has 0 radical (unpaired) electrons. The van der Waals surface area contributed by atoms with Crippen molar-refractivity contribution in [2.75, 3.05) is 19.6 Å². The van der Waals surface area contributed by atoms with Crippen molar-refractivity contribution in [1.82, 2.24) is 14.7 Å². The Labute approximate surface area is 103 Å². The van der Waals surface area contributed by atoms with Gasteiger partial charge in [0.25, 0.3) is 5.91 Å². The van der Waals surface area contributed by atoms with Crippen LogP contribution in [-0.4, -0.2) is 40.2 Å². The Balaban J connectivity index is 2.82. The van der Waals surface area contributed by atoms with Crippen LogP contribution in [-0.2, 0) is 7.05 Å². The molecule has 0 atom stereocenters. The molecule has 1 heterocycles. The lowest BCUT2D eigenvalue weighted by molar-refractivity contribution is 0.0689. The Bertz CT molecular complexity index is 384. The van der Waals surface area contributed by atoms with Gasteiger partial charge in [-0.05, 0) is 24.9 Å². The van der Waals surface area contributed by atoms with E-state index in [-0.39, 0.29) is 11.3 Å². The summed E-state index contributed by atoms with van der Waals surface area (Å²) in [5.74, 6) is 0.00836. The molecule has 0 spiro atoms. The Morgan fingerprint density at radius 3 is 2.65 bits per heavy atom. The van der Waals surface area contributed by atoms with Gasteiger partial charge in [-0.1, -0.05) is 13.8 Å². The number of hydrogen-bond donors (Lipinski definition) is 1. The van der Waals surface area contributed by atoms with E-state index in [0.717, 1.165) is 0 Å². The van der Waals surface area contributed by atoms with Gasteiger partial charge >= 0.3 is 0 Å². The molecule has 0 aliphatic carbocycles. The molecule has 0 unspecified atom stereocenters. The molecule has 0 aliphatic heterocycles. The van der Waals surface area contributed by atoms with Crippen molar-refractivity contribution < 1.29 is 4.79 Å². The zero-order valence-corrected chi connectivity index (χ0v) is 11.1. The molecular formula is C12H22N4O. The van der Waals surface area contributed by atoms with Gasteiger partial charge in [0, 0.05) is 26.3 Å². The highest BCUT2D eigenvalue weighted by molar-refractivity contribution is 5.92. The second-order valence-electron chi connectivity index (χ2n) is 5.03. The third kappa shape index (κ3) is 3.30. The average Bonchev–Trinajstić information content (AvgIpc) is 2.71. The van der Waals surface area contributed by atoms with E-state index in [4.69, 9.17) is 5.73 Å². The largest absolute Gasteiger partial charge is 0.337 e. The molecule has 1 amide bonds. The lowest BCUT2D eigenvalue weighted by Gasteiger charge is -2.31. The molecule has 5 nitrogen and oxygen atoms in total. The average molecular weight is 238 g/mol. The summed E-state index contributed by atoms with van der Waals surface area (Å²) in [5, 5.41) is 4.02. The minimum absolute atomic E-state index is 0.00836. The number of rotatable bonds is 5. The Kier molecular flexibility index (Phi) is 4.28. The first kappa shape index (κ1) is 13.7. The van der Waals surface area contributed by atoms with Crippen molar-refractivity contribution in [2.24, 2.45) is 18.2 Å². The number of hydrogen-bond acceptors (Lipinski definition) is 3. The van der Waals surface area contributed by atoms with E-state index in [9.17, 15) is 4.79 Å². The normalized spacial score (nSPS) is 11.6. The summed E-state index contributed by atoms with van der Waals surface area (Å²) in [5.41, 5.74) is 6.25. The van der Waals surface area contributed by atoms with E-state index in [0.29, 0.717) is 25.3 Å². The Morgan fingerprint density at radius 2 is 2.24 bits per heavy atom. The SMILES string of the molecule is CCN(CC(C)(C)CN)C(=O)c1ccnn1C. The molecule has 0 bridgehead atoms. The molecule has 1 aromatic rings. The maximum atomic E-state index is 12.3. The second kappa shape index (κ2) is 5.31. The van der Waals surface area contributed by atoms with Crippen LogP contribution in [0.5, 0.6) is 0 Å². The van der Waals surface area contributed by atoms with Gasteiger partial charge in [-0.2, -0.15) is 5.10 Å². The van der Waals surface area contributed by atoms with Crippen molar-refractivity contribution in [1.29, 1.82) is 0 Å². The minimum Gasteiger partial charge on any atom is -0.337 e. The number of aromatic nitrogens is 2. The third-order valence-electron chi connectivity index (χ3n) is 2.88. The highest BCUT2D eigenvalue weighted by Gasteiger charge is 2.24. The van der Waals surface area contributed by atoms with E-state index in [2.05, 4.69) is 18.9 Å². The Hall–Kier alpha value is -1.36. The molecule has 5 heteroatoms. The molecule has 17 heavy (non-hydrogen) atoms. The van der Waals surface area contributed by atoms with Crippen LogP contribution in [0.4, 0.5) is 0 Å². The minimum atomic E-state index is -0.0652. The number of nitrogens with zero attached hydrogens (tertiary/aromatic N) is 3. The summed E-state index contributed by atoms with van der Waals surface area (Å²) >= 11 is 0. The lowest BCUT2D eigenvalue weighted by atomic mass is 9.93. The van der Waals surface area contributed by atoms with Crippen LogP contribution in [0.3, 0.4) is 0 Å². The first-order valence-corrected chi connectivity index (χ1v) is 5.88. The molecule has 2 N–H and O–H groups in total. The number of carbonyl (C=O) groups excluding carboxylic acids is 1. The first-order valence-electron chi connectivity index (χ1n) is 5.88. The molecule has 0 saturated heterocycles. The number of aryl methyl sites for hydroxylation is 1. The van der Waals surface area contributed by atoms with Crippen molar-refractivity contribution in [3.8, 4) is 0 Å².